The highest BCUT2D eigenvalue weighted by Gasteiger charge is 2.62. The fraction of sp³-hybridized carbons (Fsp3) is 0.524. The molecule has 10 rings (SSSR count). The highest BCUT2D eigenvalue weighted by Crippen LogP contribution is 2.67. The lowest BCUT2D eigenvalue weighted by Crippen LogP contribution is -2.55. The van der Waals surface area contributed by atoms with E-state index in [1.165, 1.54) is 86.7 Å². The van der Waals surface area contributed by atoms with Crippen LogP contribution in [0.1, 0.15) is 70.6 Å². The van der Waals surface area contributed by atoms with Gasteiger partial charge in [-0.05, 0) is 128 Å². The average Bonchev–Trinajstić information content (AvgIpc) is 3.44. The molecule has 5 saturated carbocycles. The van der Waals surface area contributed by atoms with Crippen LogP contribution in [0, 0.1) is 53.3 Å². The molecule has 10 unspecified atom stereocenters. The molecule has 2 heterocycles. The summed E-state index contributed by atoms with van der Waals surface area (Å²) in [5.74, 6) is 9.72. The highest BCUT2D eigenvalue weighted by molar-refractivity contribution is 5.85. The zero-order valence-electron chi connectivity index (χ0n) is 26.6. The average molecular weight is 594 g/mol. The minimum Gasteiger partial charge on any atom is -0.351 e. The molecule has 1 saturated heterocycles. The molecule has 1 aliphatic heterocycles. The molecular weight excluding hydrogens is 546 g/mol. The minimum atomic E-state index is 0.617. The summed E-state index contributed by atoms with van der Waals surface area (Å²) in [4.78, 5) is 14.0. The largest absolute Gasteiger partial charge is 0.351 e. The Morgan fingerprint density at radius 1 is 0.511 bits per heavy atom. The number of rotatable bonds is 3. The van der Waals surface area contributed by atoms with Crippen molar-refractivity contribution in [3.63, 3.8) is 0 Å². The maximum Gasteiger partial charge on any atom is 0.156 e. The number of hydrogen-bond donors (Lipinski definition) is 0. The molecule has 0 N–H and O–H groups in total. The van der Waals surface area contributed by atoms with Crippen molar-refractivity contribution >= 4 is 16.9 Å². The first-order valence-electron chi connectivity index (χ1n) is 18.5. The monoisotopic (exact) mass is 593 g/mol. The Bertz CT molecular complexity index is 1710. The highest BCUT2D eigenvalue weighted by atomic mass is 15.2. The molecule has 0 spiro atoms. The van der Waals surface area contributed by atoms with Crippen LogP contribution in [0.5, 0.6) is 0 Å². The zero-order chi connectivity index (χ0) is 29.5. The maximum atomic E-state index is 5.60. The van der Waals surface area contributed by atoms with Crippen LogP contribution in [0.3, 0.4) is 0 Å². The minimum absolute atomic E-state index is 0.617. The third kappa shape index (κ3) is 4.21. The van der Waals surface area contributed by atoms with E-state index in [1.807, 2.05) is 0 Å². The Labute approximate surface area is 268 Å². The van der Waals surface area contributed by atoms with Crippen LogP contribution < -0.4 is 4.90 Å². The van der Waals surface area contributed by atoms with Crippen LogP contribution in [0.25, 0.3) is 33.4 Å². The molecule has 1 aromatic heterocycles. The van der Waals surface area contributed by atoms with Gasteiger partial charge in [0.1, 0.15) is 5.69 Å². The molecule has 0 bridgehead atoms. The van der Waals surface area contributed by atoms with Crippen molar-refractivity contribution < 1.29 is 0 Å². The summed E-state index contributed by atoms with van der Waals surface area (Å²) >= 11 is 0. The van der Waals surface area contributed by atoms with Crippen LogP contribution in [0.2, 0.25) is 0 Å². The van der Waals surface area contributed by atoms with Gasteiger partial charge in [-0.2, -0.15) is 0 Å². The standard InChI is InChI=1S/C42H47N3/c1-2-10-26(11-3-1)28-13-6-15-31(24-28)40-42(44-36-20-5-4-19-35(36)43-40)45-23-9-18-33-32-16-8-14-29-25-30-22-21-27-12-7-17-34(41(33)45)37(27)39(30)38(29)32/h1-6,10-11,13,15,19-20,24,27,29-30,32-34,37-39,41H,7-9,12,14,16-18,21-23,25H2. The first-order valence-corrected chi connectivity index (χ1v) is 18.5. The molecule has 5 aliphatic carbocycles. The molecule has 3 heteroatoms. The van der Waals surface area contributed by atoms with Gasteiger partial charge in [-0.25, -0.2) is 9.97 Å². The molecule has 3 nitrogen and oxygen atoms in total. The molecule has 6 aliphatic rings. The third-order valence-corrected chi connectivity index (χ3v) is 14.0. The Kier molecular flexibility index (Phi) is 6.40. The number of fused-ring (bicyclic) bond motifs is 4. The Morgan fingerprint density at radius 2 is 1.18 bits per heavy atom. The molecule has 3 aromatic carbocycles. The molecule has 230 valence electrons. The van der Waals surface area contributed by atoms with Crippen molar-refractivity contribution in [2.24, 2.45) is 53.3 Å². The van der Waals surface area contributed by atoms with E-state index in [4.69, 9.17) is 9.97 Å². The van der Waals surface area contributed by atoms with Crippen molar-refractivity contribution in [3.05, 3.63) is 78.9 Å². The predicted octanol–water partition coefficient (Wildman–Crippen LogP) is 10.1. The van der Waals surface area contributed by atoms with Gasteiger partial charge < -0.3 is 4.90 Å². The predicted molar refractivity (Wildman–Crippen MR) is 184 cm³/mol. The number of hydrogen-bond acceptors (Lipinski definition) is 3. The molecule has 0 amide bonds. The van der Waals surface area contributed by atoms with E-state index in [2.05, 4.69) is 83.8 Å². The van der Waals surface area contributed by atoms with E-state index in [0.717, 1.165) is 76.5 Å². The van der Waals surface area contributed by atoms with E-state index in [-0.39, 0.29) is 0 Å². The lowest BCUT2D eigenvalue weighted by molar-refractivity contribution is -0.00285. The number of piperidine rings is 1. The first kappa shape index (κ1) is 27.0. The third-order valence-electron chi connectivity index (χ3n) is 14.0. The van der Waals surface area contributed by atoms with Crippen LogP contribution in [-0.4, -0.2) is 22.6 Å². The summed E-state index contributed by atoms with van der Waals surface area (Å²) in [5, 5.41) is 0. The summed E-state index contributed by atoms with van der Waals surface area (Å²) in [7, 11) is 0. The number of nitrogens with zero attached hydrogens (tertiary/aromatic N) is 3. The molecule has 45 heavy (non-hydrogen) atoms. The van der Waals surface area contributed by atoms with Crippen LogP contribution in [-0.2, 0) is 0 Å². The number of aromatic nitrogens is 2. The van der Waals surface area contributed by atoms with Crippen LogP contribution in [0.15, 0.2) is 78.9 Å². The van der Waals surface area contributed by atoms with Gasteiger partial charge in [0.05, 0.1) is 11.0 Å². The summed E-state index contributed by atoms with van der Waals surface area (Å²) < 4.78 is 0. The second-order valence-corrected chi connectivity index (χ2v) is 15.8. The van der Waals surface area contributed by atoms with E-state index < -0.39 is 0 Å². The van der Waals surface area contributed by atoms with Gasteiger partial charge in [-0.15, -0.1) is 0 Å². The number of benzene rings is 3. The summed E-state index contributed by atoms with van der Waals surface area (Å²) in [6.07, 6.45) is 16.2. The zero-order valence-corrected chi connectivity index (χ0v) is 26.6. The fourth-order valence-electron chi connectivity index (χ4n) is 12.8. The van der Waals surface area contributed by atoms with Crippen molar-refractivity contribution in [3.8, 4) is 22.4 Å². The SMILES string of the molecule is c1ccc(-c2cccc(-c3nc4ccccc4nc3N3CCCC4C5CCCC6CC7CCC8CCCC(C8C7C65)C43)c2)cc1. The fourth-order valence-corrected chi connectivity index (χ4v) is 12.8. The van der Waals surface area contributed by atoms with Crippen molar-refractivity contribution in [2.45, 2.75) is 76.7 Å². The smallest absolute Gasteiger partial charge is 0.156 e. The summed E-state index contributed by atoms with van der Waals surface area (Å²) in [5.41, 5.74) is 6.86. The van der Waals surface area contributed by atoms with Gasteiger partial charge in [-0.3, -0.25) is 0 Å². The summed E-state index contributed by atoms with van der Waals surface area (Å²) in [6, 6.07) is 29.1. The molecule has 0 radical (unpaired) electrons. The lowest BCUT2D eigenvalue weighted by Gasteiger charge is -2.53. The normalized spacial score (nSPS) is 36.7. The van der Waals surface area contributed by atoms with E-state index in [9.17, 15) is 0 Å². The van der Waals surface area contributed by atoms with E-state index in [0.29, 0.717) is 6.04 Å². The van der Waals surface area contributed by atoms with Gasteiger partial charge in [0.2, 0.25) is 0 Å². The van der Waals surface area contributed by atoms with Crippen molar-refractivity contribution in [1.29, 1.82) is 0 Å². The van der Waals surface area contributed by atoms with Gasteiger partial charge in [0.15, 0.2) is 5.82 Å². The van der Waals surface area contributed by atoms with E-state index >= 15 is 0 Å². The molecular formula is C42H47N3. The topological polar surface area (TPSA) is 29.0 Å². The van der Waals surface area contributed by atoms with E-state index in [1.54, 1.807) is 6.42 Å². The van der Waals surface area contributed by atoms with Crippen LogP contribution >= 0.6 is 0 Å². The van der Waals surface area contributed by atoms with Gasteiger partial charge in [-0.1, -0.05) is 86.3 Å². The number of para-hydroxylation sites is 2. The molecule has 4 aromatic rings. The van der Waals surface area contributed by atoms with Gasteiger partial charge in [0.25, 0.3) is 0 Å². The number of anilines is 1. The van der Waals surface area contributed by atoms with Crippen molar-refractivity contribution in [1.82, 2.24) is 9.97 Å². The van der Waals surface area contributed by atoms with Crippen molar-refractivity contribution in [2.75, 3.05) is 11.4 Å². The van der Waals surface area contributed by atoms with Gasteiger partial charge >= 0.3 is 0 Å². The van der Waals surface area contributed by atoms with Gasteiger partial charge in [0, 0.05) is 18.2 Å². The second kappa shape index (κ2) is 10.7. The quantitative estimate of drug-likeness (QED) is 0.237. The Morgan fingerprint density at radius 3 is 2.07 bits per heavy atom. The molecule has 6 fully saturated rings. The second-order valence-electron chi connectivity index (χ2n) is 15.8. The summed E-state index contributed by atoms with van der Waals surface area (Å²) in [6.45, 7) is 1.13. The van der Waals surface area contributed by atoms with Crippen LogP contribution in [0.4, 0.5) is 5.82 Å². The Balaban J connectivity index is 1.14. The lowest BCUT2D eigenvalue weighted by atomic mass is 9.56. The maximum absolute atomic E-state index is 5.60. The Hall–Kier alpha value is -3.20. The molecule has 10 atom stereocenters. The first-order chi connectivity index (χ1) is 22.3.